The number of hydrogen-bond acceptors (Lipinski definition) is 11. The van der Waals surface area contributed by atoms with Crippen LogP contribution in [0.2, 0.25) is 5.28 Å². The molecule has 5 rings (SSSR count). The number of fused-ring (bicyclic) bond motifs is 1. The summed E-state index contributed by atoms with van der Waals surface area (Å²) in [4.78, 5) is 37.0. The zero-order valence-electron chi connectivity index (χ0n) is 22.1. The fourth-order valence-electron chi connectivity index (χ4n) is 5.04. The summed E-state index contributed by atoms with van der Waals surface area (Å²) < 4.78 is 12.6. The number of aliphatic hydroxyl groups is 3. The molecule has 1 aromatic carbocycles. The van der Waals surface area contributed by atoms with Crippen LogP contribution in [0.5, 0.6) is 0 Å². The second-order valence-electron chi connectivity index (χ2n) is 10.4. The second kappa shape index (κ2) is 11.1. The van der Waals surface area contributed by atoms with Gasteiger partial charge in [-0.25, -0.2) is 14.6 Å². The first-order chi connectivity index (χ1) is 19.9. The van der Waals surface area contributed by atoms with Crippen molar-refractivity contribution >= 4 is 40.5 Å². The van der Waals surface area contributed by atoms with E-state index >= 15 is 0 Å². The Bertz CT molecular complexity index is 1530. The average Bonchev–Trinajstić information content (AvgIpc) is 3.47. The van der Waals surface area contributed by atoms with Crippen LogP contribution in [-0.4, -0.2) is 99.2 Å². The number of anilines is 1. The summed E-state index contributed by atoms with van der Waals surface area (Å²) in [5.74, 6) is -1.27. The molecule has 3 heterocycles. The minimum Gasteiger partial charge on any atom is -0.479 e. The number of carboxylic acids is 2. The summed E-state index contributed by atoms with van der Waals surface area (Å²) in [6, 6.07) is 8.00. The van der Waals surface area contributed by atoms with Gasteiger partial charge in [-0.05, 0) is 36.4 Å². The molecule has 2 aliphatic rings. The van der Waals surface area contributed by atoms with Crippen molar-refractivity contribution in [2.75, 3.05) is 18.5 Å². The van der Waals surface area contributed by atoms with E-state index in [1.807, 2.05) is 0 Å². The maximum absolute atomic E-state index is 12.2. The lowest BCUT2D eigenvalue weighted by atomic mass is 9.80. The minimum absolute atomic E-state index is 0.0950. The lowest BCUT2D eigenvalue weighted by molar-refractivity contribution is -0.191. The van der Waals surface area contributed by atoms with Crippen molar-refractivity contribution in [3.8, 4) is 12.3 Å². The number of aromatic nitrogens is 4. The maximum Gasteiger partial charge on any atom is 0.348 e. The maximum atomic E-state index is 12.2. The highest BCUT2D eigenvalue weighted by Crippen LogP contribution is 2.40. The predicted molar refractivity (Wildman–Crippen MR) is 145 cm³/mol. The van der Waals surface area contributed by atoms with Crippen molar-refractivity contribution in [3.05, 3.63) is 47.5 Å². The van der Waals surface area contributed by atoms with E-state index in [1.165, 1.54) is 10.9 Å². The van der Waals surface area contributed by atoms with Crippen LogP contribution in [-0.2, 0) is 25.5 Å². The highest BCUT2D eigenvalue weighted by atomic mass is 35.5. The molecule has 42 heavy (non-hydrogen) atoms. The topological polar surface area (TPSA) is 209 Å². The standard InChI is InChI=1S/C27H28ClN5O9/c1-2-26(40)16(12-41-27(22(35)36,23(37)38)11-15-7-4-3-5-8-15)42-21(18(26)34)33-14-30-17-19(31-24(28)32-20(17)33)29-13-25(39)9-6-10-25/h1,3-5,7-8,14,16,18,21,34,39-40H,6,9-13H2,(H,35,36)(H,37,38)(H,29,31,32)/t16-,18+,21-,26-/m1/s1. The molecule has 2 fully saturated rings. The molecule has 15 heteroatoms. The third kappa shape index (κ3) is 5.15. The van der Waals surface area contributed by atoms with Crippen LogP contribution < -0.4 is 5.32 Å². The van der Waals surface area contributed by atoms with Gasteiger partial charge < -0.3 is 40.3 Å². The van der Waals surface area contributed by atoms with Gasteiger partial charge in [0.25, 0.3) is 5.60 Å². The molecule has 0 amide bonds. The fourth-order valence-corrected chi connectivity index (χ4v) is 5.21. The highest BCUT2D eigenvalue weighted by molar-refractivity contribution is 6.28. The van der Waals surface area contributed by atoms with E-state index in [1.54, 1.807) is 30.3 Å². The summed E-state index contributed by atoms with van der Waals surface area (Å²) in [5.41, 5.74) is -5.37. The van der Waals surface area contributed by atoms with Gasteiger partial charge in [0.2, 0.25) is 5.28 Å². The smallest absolute Gasteiger partial charge is 0.348 e. The summed E-state index contributed by atoms with van der Waals surface area (Å²) in [6.45, 7) is -0.619. The number of aliphatic carboxylic acids is 2. The monoisotopic (exact) mass is 601 g/mol. The van der Waals surface area contributed by atoms with Crippen LogP contribution in [0, 0.1) is 12.3 Å². The fraction of sp³-hybridized carbons (Fsp3) is 0.444. The zero-order chi connectivity index (χ0) is 30.3. The van der Waals surface area contributed by atoms with Crippen LogP contribution in [0.3, 0.4) is 0 Å². The molecule has 1 saturated heterocycles. The van der Waals surface area contributed by atoms with Crippen molar-refractivity contribution in [2.45, 2.75) is 60.9 Å². The van der Waals surface area contributed by atoms with Gasteiger partial charge in [-0.15, -0.1) is 6.42 Å². The minimum atomic E-state index is -2.75. The Balaban J connectivity index is 1.42. The molecule has 3 aromatic rings. The Morgan fingerprint density at radius 1 is 1.21 bits per heavy atom. The van der Waals surface area contributed by atoms with Crippen molar-refractivity contribution in [3.63, 3.8) is 0 Å². The Labute approximate surface area is 243 Å². The molecule has 14 nitrogen and oxygen atoms in total. The van der Waals surface area contributed by atoms with Crippen LogP contribution in [0.25, 0.3) is 11.2 Å². The molecule has 0 unspecified atom stereocenters. The first-order valence-corrected chi connectivity index (χ1v) is 13.3. The lowest BCUT2D eigenvalue weighted by Gasteiger charge is -2.36. The molecule has 1 aliphatic carbocycles. The molecule has 0 spiro atoms. The van der Waals surface area contributed by atoms with E-state index in [4.69, 9.17) is 27.5 Å². The third-order valence-electron chi connectivity index (χ3n) is 7.75. The van der Waals surface area contributed by atoms with Crippen LogP contribution in [0.15, 0.2) is 36.7 Å². The third-order valence-corrected chi connectivity index (χ3v) is 7.92. The molecule has 222 valence electrons. The molecule has 4 atom stereocenters. The van der Waals surface area contributed by atoms with E-state index in [0.717, 1.165) is 6.42 Å². The van der Waals surface area contributed by atoms with Gasteiger partial charge in [0, 0.05) is 13.0 Å². The number of rotatable bonds is 11. The predicted octanol–water partition coefficient (Wildman–Crippen LogP) is 0.596. The van der Waals surface area contributed by atoms with Crippen molar-refractivity contribution < 1.29 is 44.6 Å². The van der Waals surface area contributed by atoms with Crippen molar-refractivity contribution in [1.82, 2.24) is 19.5 Å². The van der Waals surface area contributed by atoms with Gasteiger partial charge in [-0.1, -0.05) is 36.3 Å². The number of halogens is 1. The zero-order valence-corrected chi connectivity index (χ0v) is 22.8. The Morgan fingerprint density at radius 2 is 1.90 bits per heavy atom. The van der Waals surface area contributed by atoms with Gasteiger partial charge >= 0.3 is 11.9 Å². The number of imidazole rings is 1. The normalized spacial score (nSPS) is 25.1. The molecular formula is C27H28ClN5O9. The van der Waals surface area contributed by atoms with Gasteiger partial charge in [-0.3, -0.25) is 4.57 Å². The van der Waals surface area contributed by atoms with Crippen LogP contribution in [0.1, 0.15) is 31.1 Å². The molecule has 0 radical (unpaired) electrons. The second-order valence-corrected chi connectivity index (χ2v) is 10.8. The van der Waals surface area contributed by atoms with E-state index < -0.39 is 60.2 Å². The summed E-state index contributed by atoms with van der Waals surface area (Å²) in [7, 11) is 0. The van der Waals surface area contributed by atoms with Crippen molar-refractivity contribution in [1.29, 1.82) is 0 Å². The molecule has 1 saturated carbocycles. The van der Waals surface area contributed by atoms with E-state index in [-0.39, 0.29) is 28.8 Å². The summed E-state index contributed by atoms with van der Waals surface area (Å²) in [6.07, 6.45) is 3.63. The quantitative estimate of drug-likeness (QED) is 0.101. The molecular weight excluding hydrogens is 574 g/mol. The van der Waals surface area contributed by atoms with Crippen molar-refractivity contribution in [2.24, 2.45) is 0 Å². The summed E-state index contributed by atoms with van der Waals surface area (Å²) >= 11 is 6.15. The molecule has 0 bridgehead atoms. The largest absolute Gasteiger partial charge is 0.479 e. The number of benzene rings is 1. The number of nitrogens with one attached hydrogen (secondary N) is 1. The first-order valence-electron chi connectivity index (χ1n) is 13.0. The molecule has 1 aliphatic heterocycles. The Hall–Kier alpha value is -3.84. The number of terminal acetylenes is 1. The Morgan fingerprint density at radius 3 is 2.50 bits per heavy atom. The van der Waals surface area contributed by atoms with Gasteiger partial charge in [0.1, 0.15) is 12.2 Å². The van der Waals surface area contributed by atoms with E-state index in [0.29, 0.717) is 18.4 Å². The van der Waals surface area contributed by atoms with Gasteiger partial charge in [0.05, 0.1) is 18.5 Å². The number of aliphatic hydroxyl groups excluding tert-OH is 1. The highest BCUT2D eigenvalue weighted by Gasteiger charge is 2.58. The Kier molecular flexibility index (Phi) is 7.84. The summed E-state index contributed by atoms with van der Waals surface area (Å²) in [5, 5.41) is 55.4. The molecule has 6 N–H and O–H groups in total. The number of carbonyl (C=O) groups is 2. The van der Waals surface area contributed by atoms with E-state index in [9.17, 15) is 35.1 Å². The number of hydrogen-bond donors (Lipinski definition) is 6. The number of ether oxygens (including phenoxy) is 2. The van der Waals surface area contributed by atoms with Gasteiger partial charge in [-0.2, -0.15) is 9.97 Å². The average molecular weight is 602 g/mol. The van der Waals surface area contributed by atoms with Gasteiger partial charge in [0.15, 0.2) is 28.8 Å². The SMILES string of the molecule is C#C[C@@]1(O)[C@@H](COC(Cc2ccccc2)(C(=O)O)C(=O)O)O[C@@H](n2cnc3c(NCC4(O)CCC4)nc(Cl)nc32)[C@@H]1O. The van der Waals surface area contributed by atoms with E-state index in [2.05, 4.69) is 26.2 Å². The first kappa shape index (κ1) is 29.6. The number of nitrogens with zero attached hydrogens (tertiary/aromatic N) is 4. The number of carboxylic acid groups (broad SMARTS) is 2. The lowest BCUT2D eigenvalue weighted by Crippen LogP contribution is -2.55. The van der Waals surface area contributed by atoms with Crippen LogP contribution >= 0.6 is 11.6 Å². The molecule has 2 aromatic heterocycles. The van der Waals surface area contributed by atoms with Crippen LogP contribution in [0.4, 0.5) is 5.82 Å².